The lowest BCUT2D eigenvalue weighted by atomic mass is 10.1. The van der Waals surface area contributed by atoms with E-state index in [1.54, 1.807) is 36.5 Å². The molecule has 0 fully saturated rings. The quantitative estimate of drug-likeness (QED) is 0.255. The summed E-state index contributed by atoms with van der Waals surface area (Å²) in [6, 6.07) is 14.3. The van der Waals surface area contributed by atoms with Gasteiger partial charge in [-0.1, -0.05) is 18.2 Å². The Morgan fingerprint density at radius 3 is 2.77 bits per heavy atom. The molecule has 166 valence electrons. The number of nitrogens with one attached hydrogen (secondary N) is 2. The molecule has 1 unspecified atom stereocenters. The van der Waals surface area contributed by atoms with Crippen LogP contribution in [0.15, 0.2) is 65.2 Å². The van der Waals surface area contributed by atoms with Crippen molar-refractivity contribution in [1.82, 2.24) is 25.3 Å². The zero-order valence-corrected chi connectivity index (χ0v) is 21.1. The molecule has 0 aliphatic carbocycles. The van der Waals surface area contributed by atoms with Crippen molar-refractivity contribution in [2.75, 3.05) is 27.2 Å². The van der Waals surface area contributed by atoms with Crippen molar-refractivity contribution in [3.63, 3.8) is 0 Å². The highest BCUT2D eigenvalue weighted by atomic mass is 127. The molecule has 1 aromatic carbocycles. The van der Waals surface area contributed by atoms with Crippen molar-refractivity contribution in [2.45, 2.75) is 19.4 Å². The Kier molecular flexibility index (Phi) is 9.99. The maximum atomic E-state index is 12.0. The normalized spacial score (nSPS) is 12.0. The molecule has 2 N–H and O–H groups in total. The molecule has 3 rings (SSSR count). The third-order valence-corrected chi connectivity index (χ3v) is 5.54. The number of benzene rings is 1. The first kappa shape index (κ1) is 24.9. The fourth-order valence-corrected chi connectivity index (χ4v) is 3.56. The molecule has 0 bridgehead atoms. The van der Waals surface area contributed by atoms with Crippen LogP contribution >= 0.6 is 35.3 Å². The van der Waals surface area contributed by atoms with Crippen LogP contribution in [0, 0.1) is 0 Å². The van der Waals surface area contributed by atoms with Gasteiger partial charge in [0.2, 0.25) is 5.91 Å². The summed E-state index contributed by atoms with van der Waals surface area (Å²) < 4.78 is 1.83. The zero-order chi connectivity index (χ0) is 21.3. The van der Waals surface area contributed by atoms with E-state index in [0.717, 1.165) is 24.2 Å². The number of thiophene rings is 1. The number of halogens is 1. The molecule has 1 amide bonds. The fourth-order valence-electron chi connectivity index (χ4n) is 2.85. The third-order valence-electron chi connectivity index (χ3n) is 4.61. The Hall–Kier alpha value is -2.40. The smallest absolute Gasteiger partial charge is 0.243 e. The summed E-state index contributed by atoms with van der Waals surface area (Å²) in [4.78, 5) is 19.3. The molecule has 3 aromatic rings. The molecule has 7 nitrogen and oxygen atoms in total. The zero-order valence-electron chi connectivity index (χ0n) is 18.0. The van der Waals surface area contributed by atoms with E-state index >= 15 is 0 Å². The Morgan fingerprint density at radius 2 is 2.10 bits per heavy atom. The lowest BCUT2D eigenvalue weighted by Crippen LogP contribution is -2.40. The third kappa shape index (κ3) is 7.66. The molecule has 1 atom stereocenters. The van der Waals surface area contributed by atoms with E-state index in [-0.39, 0.29) is 42.5 Å². The molecule has 0 radical (unpaired) electrons. The molecule has 0 saturated heterocycles. The number of carbonyl (C=O) groups excluding carboxylic acids is 1. The van der Waals surface area contributed by atoms with Crippen molar-refractivity contribution < 1.29 is 4.79 Å². The minimum atomic E-state index is -0.0392. The number of likely N-dealkylation sites (N-methyl/N-ethyl adjacent to an activating group) is 1. The Morgan fingerprint density at radius 1 is 1.26 bits per heavy atom. The van der Waals surface area contributed by atoms with Crippen molar-refractivity contribution in [3.8, 4) is 5.69 Å². The van der Waals surface area contributed by atoms with Crippen molar-refractivity contribution in [3.05, 3.63) is 70.7 Å². The molecule has 9 heteroatoms. The Balaban J connectivity index is 0.00000341. The first-order chi connectivity index (χ1) is 14.5. The number of guanidine groups is 1. The highest BCUT2D eigenvalue weighted by Crippen LogP contribution is 2.16. The number of carbonyl (C=O) groups is 1. The topological polar surface area (TPSA) is 74.6 Å². The van der Waals surface area contributed by atoms with Crippen molar-refractivity contribution in [1.29, 1.82) is 0 Å². The predicted octanol–water partition coefficient (Wildman–Crippen LogP) is 3.48. The predicted molar refractivity (Wildman–Crippen MR) is 138 cm³/mol. The number of aromatic nitrogens is 2. The second kappa shape index (κ2) is 12.5. The van der Waals surface area contributed by atoms with Crippen LogP contribution in [0.4, 0.5) is 0 Å². The van der Waals surface area contributed by atoms with E-state index in [0.29, 0.717) is 5.96 Å². The molecular formula is C22H29IN6OS. The summed E-state index contributed by atoms with van der Waals surface area (Å²) in [5, 5.41) is 13.1. The second-order valence-corrected chi connectivity index (χ2v) is 8.15. The maximum Gasteiger partial charge on any atom is 0.243 e. The summed E-state index contributed by atoms with van der Waals surface area (Å²) in [6.07, 6.45) is 4.59. The van der Waals surface area contributed by atoms with Gasteiger partial charge in [0, 0.05) is 37.9 Å². The molecule has 0 aliphatic heterocycles. The largest absolute Gasteiger partial charge is 0.356 e. The standard InChI is InChI=1S/C22H28N6OS.HI/c1-17(18-7-4-8-19(15-18)28-13-6-11-25-28)26-22(24-16-21(29)27(2)3)23-12-10-20-9-5-14-30-20;/h4-9,11,13-15,17H,10,12,16H2,1-3H3,(H2,23,24,26);1H. The van der Waals surface area contributed by atoms with E-state index < -0.39 is 0 Å². The van der Waals surface area contributed by atoms with Gasteiger partial charge in [0.25, 0.3) is 0 Å². The van der Waals surface area contributed by atoms with Crippen molar-refractivity contribution in [2.24, 2.45) is 4.99 Å². The van der Waals surface area contributed by atoms with Crippen LogP contribution in [-0.4, -0.2) is 53.7 Å². The second-order valence-electron chi connectivity index (χ2n) is 7.12. The van der Waals surface area contributed by atoms with Gasteiger partial charge >= 0.3 is 0 Å². The monoisotopic (exact) mass is 552 g/mol. The van der Waals surface area contributed by atoms with E-state index in [9.17, 15) is 4.79 Å². The molecule has 0 saturated carbocycles. The van der Waals surface area contributed by atoms with Crippen LogP contribution in [0.2, 0.25) is 0 Å². The number of hydrogen-bond donors (Lipinski definition) is 2. The van der Waals surface area contributed by atoms with Crippen molar-refractivity contribution >= 4 is 47.2 Å². The first-order valence-electron chi connectivity index (χ1n) is 9.90. The summed E-state index contributed by atoms with van der Waals surface area (Å²) >= 11 is 1.74. The van der Waals surface area contributed by atoms with Gasteiger partial charge in [-0.05, 0) is 48.6 Å². The van der Waals surface area contributed by atoms with E-state index in [1.807, 2.05) is 29.1 Å². The lowest BCUT2D eigenvalue weighted by molar-refractivity contribution is -0.127. The maximum absolute atomic E-state index is 12.0. The highest BCUT2D eigenvalue weighted by molar-refractivity contribution is 14.0. The molecular weight excluding hydrogens is 523 g/mol. The minimum Gasteiger partial charge on any atom is -0.356 e. The van der Waals surface area contributed by atoms with Crippen LogP contribution in [-0.2, 0) is 11.2 Å². The Bertz CT molecular complexity index is 956. The SMILES string of the molecule is CC(NC(=NCC(=O)N(C)C)NCCc1cccs1)c1cccc(-n2cccn2)c1.I. The van der Waals surface area contributed by atoms with E-state index in [1.165, 1.54) is 4.88 Å². The number of amides is 1. The van der Waals surface area contributed by atoms with Gasteiger partial charge in [-0.2, -0.15) is 5.10 Å². The number of rotatable bonds is 8. The summed E-state index contributed by atoms with van der Waals surface area (Å²) in [5.74, 6) is 0.585. The van der Waals surface area contributed by atoms with Gasteiger partial charge in [0.15, 0.2) is 5.96 Å². The summed E-state index contributed by atoms with van der Waals surface area (Å²) in [6.45, 7) is 2.91. The summed E-state index contributed by atoms with van der Waals surface area (Å²) in [7, 11) is 3.47. The van der Waals surface area contributed by atoms with Crippen LogP contribution < -0.4 is 10.6 Å². The van der Waals surface area contributed by atoms with Crippen LogP contribution in [0.1, 0.15) is 23.4 Å². The van der Waals surface area contributed by atoms with Gasteiger partial charge in [0.1, 0.15) is 6.54 Å². The van der Waals surface area contributed by atoms with E-state index in [2.05, 4.69) is 57.3 Å². The first-order valence-corrected chi connectivity index (χ1v) is 10.8. The highest BCUT2D eigenvalue weighted by Gasteiger charge is 2.11. The number of hydrogen-bond acceptors (Lipinski definition) is 4. The fraction of sp³-hybridized carbons (Fsp3) is 0.318. The molecule has 0 spiro atoms. The van der Waals surface area contributed by atoms with Gasteiger partial charge in [-0.25, -0.2) is 9.67 Å². The minimum absolute atomic E-state index is 0. The Labute approximate surface area is 204 Å². The van der Waals surface area contributed by atoms with Gasteiger partial charge in [-0.3, -0.25) is 4.79 Å². The summed E-state index contributed by atoms with van der Waals surface area (Å²) in [5.41, 5.74) is 2.10. The molecule has 0 aliphatic rings. The molecule has 2 heterocycles. The average Bonchev–Trinajstić information content (AvgIpc) is 3.45. The van der Waals surface area contributed by atoms with Crippen LogP contribution in [0.3, 0.4) is 0 Å². The number of nitrogens with zero attached hydrogens (tertiary/aromatic N) is 4. The van der Waals surface area contributed by atoms with E-state index in [4.69, 9.17) is 0 Å². The average molecular weight is 552 g/mol. The molecule has 2 aromatic heterocycles. The van der Waals surface area contributed by atoms with Crippen LogP contribution in [0.5, 0.6) is 0 Å². The van der Waals surface area contributed by atoms with Crippen LogP contribution in [0.25, 0.3) is 5.69 Å². The lowest BCUT2D eigenvalue weighted by Gasteiger charge is -2.19. The number of aliphatic imine (C=N–C) groups is 1. The van der Waals surface area contributed by atoms with Gasteiger partial charge in [0.05, 0.1) is 11.7 Å². The van der Waals surface area contributed by atoms with Gasteiger partial charge < -0.3 is 15.5 Å². The van der Waals surface area contributed by atoms with Gasteiger partial charge in [-0.15, -0.1) is 35.3 Å². The molecule has 31 heavy (non-hydrogen) atoms.